The summed E-state index contributed by atoms with van der Waals surface area (Å²) >= 11 is 0. The van der Waals surface area contributed by atoms with Gasteiger partial charge in [-0.3, -0.25) is 4.90 Å². The maximum atomic E-state index is 10.8. The fraction of sp³-hybridized carbons (Fsp3) is 0.562. The molecule has 0 aromatic heterocycles. The molecule has 5 nitrogen and oxygen atoms in total. The molecule has 116 valence electrons. The van der Waals surface area contributed by atoms with Gasteiger partial charge >= 0.3 is 5.97 Å². The van der Waals surface area contributed by atoms with Crippen molar-refractivity contribution in [2.75, 3.05) is 40.3 Å². The molecule has 1 fully saturated rings. The minimum Gasteiger partial charge on any atom is -0.492 e. The summed E-state index contributed by atoms with van der Waals surface area (Å²) < 4.78 is 5.67. The predicted molar refractivity (Wildman–Crippen MR) is 82.0 cm³/mol. The third-order valence-corrected chi connectivity index (χ3v) is 4.06. The fourth-order valence-corrected chi connectivity index (χ4v) is 2.65. The molecule has 0 aliphatic carbocycles. The lowest BCUT2D eigenvalue weighted by atomic mass is 10.0. The number of hydrogen-bond donors (Lipinski definition) is 1. The Labute approximate surface area is 126 Å². The summed E-state index contributed by atoms with van der Waals surface area (Å²) in [5.74, 6) is -0.187. The van der Waals surface area contributed by atoms with Crippen LogP contribution in [0.1, 0.15) is 23.2 Å². The summed E-state index contributed by atoms with van der Waals surface area (Å²) in [7, 11) is 4.29. The van der Waals surface area contributed by atoms with Crippen molar-refractivity contribution >= 4 is 5.97 Å². The van der Waals surface area contributed by atoms with Gasteiger partial charge in [-0.1, -0.05) is 0 Å². The van der Waals surface area contributed by atoms with Crippen LogP contribution in [0.3, 0.4) is 0 Å². The molecule has 0 bridgehead atoms. The van der Waals surface area contributed by atoms with Crippen molar-refractivity contribution in [3.63, 3.8) is 0 Å². The molecule has 2 rings (SSSR count). The second kappa shape index (κ2) is 7.43. The normalized spacial score (nSPS) is 17.1. The van der Waals surface area contributed by atoms with Crippen LogP contribution >= 0.6 is 0 Å². The summed E-state index contributed by atoms with van der Waals surface area (Å²) in [6.07, 6.45) is 2.42. The Morgan fingerprint density at radius 2 is 1.90 bits per heavy atom. The Balaban J connectivity index is 1.69. The molecule has 0 unspecified atom stereocenters. The number of ether oxygens (including phenoxy) is 1. The summed E-state index contributed by atoms with van der Waals surface area (Å²) in [5, 5.41) is 8.83. The highest BCUT2D eigenvalue weighted by Gasteiger charge is 2.20. The molecule has 1 aromatic rings. The number of carboxylic acid groups (broad SMARTS) is 1. The van der Waals surface area contributed by atoms with Gasteiger partial charge in [0.1, 0.15) is 12.4 Å². The van der Waals surface area contributed by atoms with Crippen molar-refractivity contribution in [3.8, 4) is 5.75 Å². The number of benzene rings is 1. The molecule has 1 aliphatic heterocycles. The molecule has 5 heteroatoms. The molecule has 1 aromatic carbocycles. The van der Waals surface area contributed by atoms with Crippen LogP contribution in [-0.4, -0.2) is 67.3 Å². The highest BCUT2D eigenvalue weighted by Crippen LogP contribution is 2.15. The minimum absolute atomic E-state index is 0.285. The Bertz CT molecular complexity index is 451. The largest absolute Gasteiger partial charge is 0.492 e. The zero-order valence-corrected chi connectivity index (χ0v) is 12.8. The van der Waals surface area contributed by atoms with Crippen molar-refractivity contribution in [1.82, 2.24) is 9.80 Å². The van der Waals surface area contributed by atoms with Crippen LogP contribution in [0.2, 0.25) is 0 Å². The SMILES string of the molecule is CN(C)C1CCN(CCOc2ccc(C(=O)O)cc2)CC1. The van der Waals surface area contributed by atoms with E-state index in [1.165, 1.54) is 12.8 Å². The molecule has 0 saturated carbocycles. The number of piperidine rings is 1. The van der Waals surface area contributed by atoms with Crippen LogP contribution in [0, 0.1) is 0 Å². The van der Waals surface area contributed by atoms with E-state index in [2.05, 4.69) is 23.9 Å². The number of likely N-dealkylation sites (tertiary alicyclic amines) is 1. The standard InChI is InChI=1S/C16H24N2O3/c1-17(2)14-7-9-18(10-8-14)11-12-21-15-5-3-13(4-6-15)16(19)20/h3-6,14H,7-12H2,1-2H3,(H,19,20). The molecule has 0 spiro atoms. The van der Waals surface area contributed by atoms with E-state index in [9.17, 15) is 4.79 Å². The second-order valence-corrected chi connectivity index (χ2v) is 5.71. The van der Waals surface area contributed by atoms with Crippen LogP contribution in [-0.2, 0) is 0 Å². The van der Waals surface area contributed by atoms with Crippen molar-refractivity contribution in [1.29, 1.82) is 0 Å². The summed E-state index contributed by atoms with van der Waals surface area (Å²) in [4.78, 5) is 15.5. The van der Waals surface area contributed by atoms with E-state index >= 15 is 0 Å². The smallest absolute Gasteiger partial charge is 0.335 e. The van der Waals surface area contributed by atoms with E-state index in [1.54, 1.807) is 24.3 Å². The first-order valence-corrected chi connectivity index (χ1v) is 7.41. The molecular weight excluding hydrogens is 268 g/mol. The van der Waals surface area contributed by atoms with Gasteiger partial charge in [-0.05, 0) is 64.3 Å². The minimum atomic E-state index is -0.912. The van der Waals surface area contributed by atoms with Gasteiger partial charge in [0.2, 0.25) is 0 Å². The number of rotatable bonds is 6. The zero-order chi connectivity index (χ0) is 15.2. The van der Waals surface area contributed by atoms with Gasteiger partial charge in [-0.25, -0.2) is 4.79 Å². The van der Waals surface area contributed by atoms with Gasteiger partial charge in [-0.2, -0.15) is 0 Å². The molecule has 0 atom stereocenters. The van der Waals surface area contributed by atoms with Gasteiger partial charge in [0.05, 0.1) is 5.56 Å². The lowest BCUT2D eigenvalue weighted by molar-refractivity contribution is 0.0697. The van der Waals surface area contributed by atoms with E-state index in [4.69, 9.17) is 9.84 Å². The number of nitrogens with zero attached hydrogens (tertiary/aromatic N) is 2. The van der Waals surface area contributed by atoms with Crippen LogP contribution in [0.4, 0.5) is 0 Å². The van der Waals surface area contributed by atoms with Crippen molar-refractivity contribution in [2.45, 2.75) is 18.9 Å². The Kier molecular flexibility index (Phi) is 5.59. The number of carboxylic acids is 1. The monoisotopic (exact) mass is 292 g/mol. The van der Waals surface area contributed by atoms with Crippen molar-refractivity contribution in [3.05, 3.63) is 29.8 Å². The van der Waals surface area contributed by atoms with Gasteiger partial charge in [-0.15, -0.1) is 0 Å². The molecule has 1 aliphatic rings. The first kappa shape index (κ1) is 15.8. The molecule has 1 N–H and O–H groups in total. The maximum Gasteiger partial charge on any atom is 0.335 e. The summed E-state index contributed by atoms with van der Waals surface area (Å²) in [6, 6.07) is 7.26. The molecule has 1 saturated heterocycles. The van der Waals surface area contributed by atoms with Crippen LogP contribution < -0.4 is 4.74 Å². The highest BCUT2D eigenvalue weighted by atomic mass is 16.5. The summed E-state index contributed by atoms with van der Waals surface area (Å²) in [6.45, 7) is 3.79. The lowest BCUT2D eigenvalue weighted by Crippen LogP contribution is -2.43. The van der Waals surface area contributed by atoms with Crippen LogP contribution in [0.15, 0.2) is 24.3 Å². The van der Waals surface area contributed by atoms with Crippen LogP contribution in [0.5, 0.6) is 5.75 Å². The van der Waals surface area contributed by atoms with Crippen molar-refractivity contribution in [2.24, 2.45) is 0 Å². The average Bonchev–Trinajstić information content (AvgIpc) is 2.48. The number of aromatic carboxylic acids is 1. The first-order valence-electron chi connectivity index (χ1n) is 7.41. The fourth-order valence-electron chi connectivity index (χ4n) is 2.65. The topological polar surface area (TPSA) is 53.0 Å². The number of hydrogen-bond acceptors (Lipinski definition) is 4. The van der Waals surface area contributed by atoms with Gasteiger partial charge in [0.25, 0.3) is 0 Å². The predicted octanol–water partition coefficient (Wildman–Crippen LogP) is 1.79. The molecule has 21 heavy (non-hydrogen) atoms. The first-order chi connectivity index (χ1) is 10.1. The lowest BCUT2D eigenvalue weighted by Gasteiger charge is -2.35. The average molecular weight is 292 g/mol. The Morgan fingerprint density at radius 3 is 2.43 bits per heavy atom. The van der Waals surface area contributed by atoms with Crippen LogP contribution in [0.25, 0.3) is 0 Å². The Morgan fingerprint density at radius 1 is 1.29 bits per heavy atom. The molecular formula is C16H24N2O3. The highest BCUT2D eigenvalue weighted by molar-refractivity contribution is 5.87. The quantitative estimate of drug-likeness (QED) is 0.866. The van der Waals surface area contributed by atoms with Gasteiger partial charge < -0.3 is 14.7 Å². The summed E-state index contributed by atoms with van der Waals surface area (Å²) in [5.41, 5.74) is 0.285. The third-order valence-electron chi connectivity index (χ3n) is 4.06. The van der Waals surface area contributed by atoms with Gasteiger partial charge in [0.15, 0.2) is 0 Å². The second-order valence-electron chi connectivity index (χ2n) is 5.71. The van der Waals surface area contributed by atoms with Gasteiger partial charge in [0, 0.05) is 12.6 Å². The zero-order valence-electron chi connectivity index (χ0n) is 12.8. The molecule has 1 heterocycles. The van der Waals surface area contributed by atoms with Crippen molar-refractivity contribution < 1.29 is 14.6 Å². The molecule has 0 radical (unpaired) electrons. The van der Waals surface area contributed by atoms with E-state index in [0.29, 0.717) is 12.6 Å². The van der Waals surface area contributed by atoms with E-state index < -0.39 is 5.97 Å². The number of carbonyl (C=O) groups is 1. The molecule has 0 amide bonds. The van der Waals surface area contributed by atoms with E-state index in [1.807, 2.05) is 0 Å². The maximum absolute atomic E-state index is 10.8. The van der Waals surface area contributed by atoms with E-state index in [0.717, 1.165) is 25.4 Å². The van der Waals surface area contributed by atoms with E-state index in [-0.39, 0.29) is 5.56 Å². The Hall–Kier alpha value is -1.59. The third kappa shape index (κ3) is 4.72.